The first-order valence-corrected chi connectivity index (χ1v) is 11.7. The number of rotatable bonds is 9. The molecule has 3 rings (SSSR count). The van der Waals surface area contributed by atoms with Crippen molar-refractivity contribution in [2.45, 2.75) is 18.1 Å². The van der Waals surface area contributed by atoms with Gasteiger partial charge in [-0.2, -0.15) is 0 Å². The van der Waals surface area contributed by atoms with Gasteiger partial charge in [0.25, 0.3) is 0 Å². The van der Waals surface area contributed by atoms with Crippen LogP contribution in [0.15, 0.2) is 91.0 Å². The summed E-state index contributed by atoms with van der Waals surface area (Å²) in [7, 11) is -0.434. The van der Waals surface area contributed by atoms with Crippen molar-refractivity contribution < 1.29 is 17.9 Å². The molecule has 30 heavy (non-hydrogen) atoms. The molecule has 0 aliphatic heterocycles. The predicted octanol–water partition coefficient (Wildman–Crippen LogP) is 4.44. The lowest BCUT2D eigenvalue weighted by molar-refractivity contribution is -0.218. The van der Waals surface area contributed by atoms with Crippen molar-refractivity contribution in [3.8, 4) is 0 Å². The maximum atomic E-state index is 12.9. The van der Waals surface area contributed by atoms with E-state index in [0.717, 1.165) is 16.7 Å². The molecule has 0 fully saturated rings. The lowest BCUT2D eigenvalue weighted by Gasteiger charge is -2.49. The van der Waals surface area contributed by atoms with E-state index < -0.39 is 21.0 Å². The van der Waals surface area contributed by atoms with E-state index in [9.17, 15) is 8.42 Å². The molecule has 0 aliphatic carbocycles. The molecule has 158 valence electrons. The van der Waals surface area contributed by atoms with Crippen LogP contribution in [0.2, 0.25) is 0 Å². The second kappa shape index (κ2) is 9.13. The van der Waals surface area contributed by atoms with Crippen LogP contribution in [0.25, 0.3) is 0 Å². The van der Waals surface area contributed by atoms with Crippen LogP contribution in [0.5, 0.6) is 0 Å². The summed E-state index contributed by atoms with van der Waals surface area (Å²) in [6, 6.07) is 29.4. The van der Waals surface area contributed by atoms with Crippen molar-refractivity contribution in [1.82, 2.24) is 0 Å². The molecule has 0 unspecified atom stereocenters. The summed E-state index contributed by atoms with van der Waals surface area (Å²) in [6.07, 6.45) is 0. The van der Waals surface area contributed by atoms with Crippen molar-refractivity contribution in [1.29, 1.82) is 0 Å². The third kappa shape index (κ3) is 3.81. The summed E-state index contributed by atoms with van der Waals surface area (Å²) in [5.74, 6) is -1.79. The third-order valence-electron chi connectivity index (χ3n) is 5.70. The van der Waals surface area contributed by atoms with Crippen LogP contribution in [0.4, 0.5) is 0 Å². The standard InChI is InChI=1S/C25H28O4S/c1-4-30(26,27)20-24(28-2,29-3)25(21-14-8-5-9-15-21,22-16-10-6-11-17-22)23-18-12-7-13-19-23/h5-19H,4,20H2,1-3H3. The molecule has 3 aromatic carbocycles. The van der Waals surface area contributed by atoms with Gasteiger partial charge in [-0.3, -0.25) is 0 Å². The van der Waals surface area contributed by atoms with Gasteiger partial charge in [-0.1, -0.05) is 97.9 Å². The topological polar surface area (TPSA) is 52.6 Å². The number of hydrogen-bond donors (Lipinski definition) is 0. The first-order valence-electron chi connectivity index (χ1n) is 9.93. The van der Waals surface area contributed by atoms with Gasteiger partial charge in [0.1, 0.15) is 11.2 Å². The van der Waals surface area contributed by atoms with E-state index in [1.807, 2.05) is 91.0 Å². The van der Waals surface area contributed by atoms with Gasteiger partial charge in [0.05, 0.1) is 0 Å². The summed E-state index contributed by atoms with van der Waals surface area (Å²) in [4.78, 5) is 0. The van der Waals surface area contributed by atoms with Crippen LogP contribution in [-0.2, 0) is 24.7 Å². The Morgan fingerprint density at radius 2 is 1.00 bits per heavy atom. The van der Waals surface area contributed by atoms with Crippen LogP contribution in [-0.4, -0.2) is 39.9 Å². The minimum atomic E-state index is -3.46. The summed E-state index contributed by atoms with van der Waals surface area (Å²) in [6.45, 7) is 1.64. The Morgan fingerprint density at radius 3 is 1.27 bits per heavy atom. The van der Waals surface area contributed by atoms with Crippen molar-refractivity contribution in [2.75, 3.05) is 25.7 Å². The van der Waals surface area contributed by atoms with Crippen molar-refractivity contribution in [3.05, 3.63) is 108 Å². The van der Waals surface area contributed by atoms with Crippen LogP contribution < -0.4 is 0 Å². The monoisotopic (exact) mass is 424 g/mol. The quantitative estimate of drug-likeness (QED) is 0.376. The molecule has 5 heteroatoms. The summed E-state index contributed by atoms with van der Waals surface area (Å²) < 4.78 is 37.9. The lowest BCUT2D eigenvalue weighted by Crippen LogP contribution is -2.59. The minimum absolute atomic E-state index is 0.00405. The first-order chi connectivity index (χ1) is 14.5. The van der Waals surface area contributed by atoms with E-state index in [0.29, 0.717) is 0 Å². The minimum Gasteiger partial charge on any atom is -0.351 e. The van der Waals surface area contributed by atoms with Gasteiger partial charge in [-0.05, 0) is 16.7 Å². The fourth-order valence-corrected chi connectivity index (χ4v) is 5.47. The Morgan fingerprint density at radius 1 is 0.667 bits per heavy atom. The summed E-state index contributed by atoms with van der Waals surface area (Å²) in [5.41, 5.74) is 1.63. The molecule has 0 saturated carbocycles. The van der Waals surface area contributed by atoms with Crippen LogP contribution in [0.1, 0.15) is 23.6 Å². The molecule has 0 N–H and O–H groups in total. The number of hydrogen-bond acceptors (Lipinski definition) is 4. The van der Waals surface area contributed by atoms with Gasteiger partial charge in [0, 0.05) is 20.0 Å². The molecule has 0 spiro atoms. The number of ether oxygens (including phenoxy) is 2. The predicted molar refractivity (Wildman–Crippen MR) is 120 cm³/mol. The Bertz CT molecular complexity index is 932. The second-order valence-electron chi connectivity index (χ2n) is 7.19. The smallest absolute Gasteiger partial charge is 0.199 e. The van der Waals surface area contributed by atoms with Gasteiger partial charge in [0.15, 0.2) is 15.6 Å². The molecule has 4 nitrogen and oxygen atoms in total. The van der Waals surface area contributed by atoms with Crippen LogP contribution >= 0.6 is 0 Å². The zero-order valence-corrected chi connectivity index (χ0v) is 18.4. The van der Waals surface area contributed by atoms with Gasteiger partial charge < -0.3 is 9.47 Å². The summed E-state index contributed by atoms with van der Waals surface area (Å²) >= 11 is 0. The van der Waals surface area contributed by atoms with Crippen molar-refractivity contribution in [3.63, 3.8) is 0 Å². The fourth-order valence-electron chi connectivity index (χ4n) is 4.23. The van der Waals surface area contributed by atoms with Gasteiger partial charge in [0.2, 0.25) is 0 Å². The average Bonchev–Trinajstić information content (AvgIpc) is 2.81. The zero-order chi connectivity index (χ0) is 21.7. The average molecular weight is 425 g/mol. The molecule has 0 saturated heterocycles. The molecule has 0 aliphatic rings. The maximum absolute atomic E-state index is 12.9. The van der Waals surface area contributed by atoms with Gasteiger partial charge >= 0.3 is 0 Å². The van der Waals surface area contributed by atoms with Crippen molar-refractivity contribution >= 4 is 9.84 Å². The van der Waals surface area contributed by atoms with E-state index in [1.165, 1.54) is 14.2 Å². The highest BCUT2D eigenvalue weighted by Crippen LogP contribution is 2.50. The SMILES string of the molecule is CCS(=O)(=O)CC(OC)(OC)C(c1ccccc1)(c1ccccc1)c1ccccc1. The molecule has 0 amide bonds. The van der Waals surface area contributed by atoms with Gasteiger partial charge in [-0.25, -0.2) is 8.42 Å². The largest absolute Gasteiger partial charge is 0.351 e. The number of methoxy groups -OCH3 is 2. The lowest BCUT2D eigenvalue weighted by atomic mass is 9.64. The van der Waals surface area contributed by atoms with Gasteiger partial charge in [-0.15, -0.1) is 0 Å². The highest BCUT2D eigenvalue weighted by Gasteiger charge is 2.58. The molecular weight excluding hydrogens is 396 g/mol. The highest BCUT2D eigenvalue weighted by molar-refractivity contribution is 7.91. The molecule has 0 aromatic heterocycles. The highest BCUT2D eigenvalue weighted by atomic mass is 32.2. The van der Waals surface area contributed by atoms with E-state index >= 15 is 0 Å². The Labute approximate surface area is 179 Å². The molecule has 0 bridgehead atoms. The summed E-state index contributed by atoms with van der Waals surface area (Å²) in [5, 5.41) is 0. The Hall–Kier alpha value is -2.47. The second-order valence-corrected chi connectivity index (χ2v) is 9.54. The van der Waals surface area contributed by atoms with E-state index in [1.54, 1.807) is 6.92 Å². The fraction of sp³-hybridized carbons (Fsp3) is 0.280. The molecular formula is C25H28O4S. The Balaban J connectivity index is 2.50. The van der Waals surface area contributed by atoms with E-state index in [2.05, 4.69) is 0 Å². The van der Waals surface area contributed by atoms with E-state index in [4.69, 9.17) is 9.47 Å². The first kappa shape index (κ1) is 22.2. The normalized spacial score (nSPS) is 12.6. The number of benzene rings is 3. The van der Waals surface area contributed by atoms with E-state index in [-0.39, 0.29) is 11.5 Å². The van der Waals surface area contributed by atoms with Crippen LogP contribution in [0, 0.1) is 0 Å². The zero-order valence-electron chi connectivity index (χ0n) is 17.6. The third-order valence-corrected chi connectivity index (χ3v) is 7.40. The number of sulfone groups is 1. The Kier molecular flexibility index (Phi) is 6.76. The van der Waals surface area contributed by atoms with Crippen LogP contribution in [0.3, 0.4) is 0 Å². The molecule has 0 atom stereocenters. The van der Waals surface area contributed by atoms with Crippen molar-refractivity contribution in [2.24, 2.45) is 0 Å². The molecule has 0 heterocycles. The maximum Gasteiger partial charge on any atom is 0.199 e. The molecule has 3 aromatic rings. The molecule has 0 radical (unpaired) electrons.